The van der Waals surface area contributed by atoms with Crippen LogP contribution in [0, 0.1) is 11.3 Å². The maximum Gasteiger partial charge on any atom is 0.309 e. The van der Waals surface area contributed by atoms with Crippen LogP contribution < -0.4 is 5.73 Å². The van der Waals surface area contributed by atoms with Gasteiger partial charge in [-0.25, -0.2) is 0 Å². The summed E-state index contributed by atoms with van der Waals surface area (Å²) in [6.07, 6.45) is 1.79. The van der Waals surface area contributed by atoms with Gasteiger partial charge in [-0.15, -0.1) is 0 Å². The Morgan fingerprint density at radius 3 is 2.42 bits per heavy atom. The fourth-order valence-corrected chi connectivity index (χ4v) is 1.91. The summed E-state index contributed by atoms with van der Waals surface area (Å²) in [5, 5.41) is 0. The molecule has 1 saturated carbocycles. The number of carbonyl (C=O) groups excluding carboxylic acids is 1. The third-order valence-corrected chi connectivity index (χ3v) is 3.11. The molecule has 1 aliphatic carbocycles. The van der Waals surface area contributed by atoms with Crippen molar-refractivity contribution in [1.82, 2.24) is 0 Å². The number of hydrogen-bond donors (Lipinski definition) is 1. The fourth-order valence-electron chi connectivity index (χ4n) is 1.91. The van der Waals surface area contributed by atoms with Gasteiger partial charge in [-0.05, 0) is 18.3 Å². The Hall–Kier alpha value is -0.570. The van der Waals surface area contributed by atoms with Gasteiger partial charge >= 0.3 is 5.97 Å². The van der Waals surface area contributed by atoms with Crippen molar-refractivity contribution in [3.63, 3.8) is 0 Å². The van der Waals surface area contributed by atoms with Crippen LogP contribution in [-0.2, 0) is 9.53 Å². The number of rotatable bonds is 1. The van der Waals surface area contributed by atoms with E-state index in [1.165, 1.54) is 7.11 Å². The van der Waals surface area contributed by atoms with Crippen molar-refractivity contribution < 1.29 is 9.53 Å². The molecule has 1 aliphatic rings. The molecule has 2 N–H and O–H groups in total. The molecule has 3 heteroatoms. The van der Waals surface area contributed by atoms with Crippen molar-refractivity contribution in [2.45, 2.75) is 32.7 Å². The minimum Gasteiger partial charge on any atom is -0.469 e. The van der Waals surface area contributed by atoms with E-state index >= 15 is 0 Å². The Bertz CT molecular complexity index is 189. The summed E-state index contributed by atoms with van der Waals surface area (Å²) in [5.74, 6) is -0.134. The van der Waals surface area contributed by atoms with Gasteiger partial charge in [0, 0.05) is 6.04 Å². The highest BCUT2D eigenvalue weighted by Gasteiger charge is 2.45. The molecule has 0 aromatic heterocycles. The third kappa shape index (κ3) is 1.33. The standard InChI is InChI=1S/C9H17NO2/c1-9(2)6(8(11)12-3)4-5-7(9)10/h6-7H,4-5,10H2,1-3H3. The molecule has 0 saturated heterocycles. The minimum absolute atomic E-state index is 0.0162. The lowest BCUT2D eigenvalue weighted by molar-refractivity contribution is -0.148. The Balaban J connectivity index is 2.74. The van der Waals surface area contributed by atoms with E-state index in [4.69, 9.17) is 10.5 Å². The highest BCUT2D eigenvalue weighted by atomic mass is 16.5. The van der Waals surface area contributed by atoms with Gasteiger partial charge in [0.2, 0.25) is 0 Å². The summed E-state index contributed by atoms with van der Waals surface area (Å²) in [6, 6.07) is 0.126. The predicted molar refractivity (Wildman–Crippen MR) is 46.5 cm³/mol. The lowest BCUT2D eigenvalue weighted by Crippen LogP contribution is -2.39. The number of hydrogen-bond acceptors (Lipinski definition) is 3. The summed E-state index contributed by atoms with van der Waals surface area (Å²) < 4.78 is 4.72. The second-order valence-corrected chi connectivity index (χ2v) is 4.08. The zero-order chi connectivity index (χ0) is 9.35. The van der Waals surface area contributed by atoms with Crippen molar-refractivity contribution >= 4 is 5.97 Å². The third-order valence-electron chi connectivity index (χ3n) is 3.11. The van der Waals surface area contributed by atoms with E-state index in [2.05, 4.69) is 0 Å². The van der Waals surface area contributed by atoms with Crippen molar-refractivity contribution in [2.24, 2.45) is 17.1 Å². The Labute approximate surface area is 73.3 Å². The molecule has 70 valence electrons. The van der Waals surface area contributed by atoms with Gasteiger partial charge in [0.05, 0.1) is 13.0 Å². The maximum absolute atomic E-state index is 11.3. The smallest absolute Gasteiger partial charge is 0.309 e. The zero-order valence-corrected chi connectivity index (χ0v) is 7.96. The summed E-state index contributed by atoms with van der Waals surface area (Å²) in [7, 11) is 1.43. The Morgan fingerprint density at radius 1 is 1.50 bits per heavy atom. The van der Waals surface area contributed by atoms with E-state index in [0.29, 0.717) is 0 Å². The molecular formula is C9H17NO2. The molecule has 0 aliphatic heterocycles. The van der Waals surface area contributed by atoms with Crippen LogP contribution in [0.1, 0.15) is 26.7 Å². The zero-order valence-electron chi connectivity index (χ0n) is 7.96. The van der Waals surface area contributed by atoms with Crippen LogP contribution in [-0.4, -0.2) is 19.1 Å². The van der Waals surface area contributed by atoms with Crippen LogP contribution in [0.25, 0.3) is 0 Å². The molecule has 0 radical (unpaired) electrons. The molecule has 0 amide bonds. The topological polar surface area (TPSA) is 52.3 Å². The van der Waals surface area contributed by atoms with E-state index in [-0.39, 0.29) is 23.3 Å². The van der Waals surface area contributed by atoms with E-state index in [1.807, 2.05) is 13.8 Å². The molecule has 12 heavy (non-hydrogen) atoms. The molecule has 2 atom stereocenters. The van der Waals surface area contributed by atoms with Crippen molar-refractivity contribution in [3.8, 4) is 0 Å². The summed E-state index contributed by atoms with van der Waals surface area (Å²) in [4.78, 5) is 11.3. The quantitative estimate of drug-likeness (QED) is 0.597. The normalized spacial score (nSPS) is 33.3. The average Bonchev–Trinajstić information content (AvgIpc) is 2.27. The number of nitrogens with two attached hydrogens (primary N) is 1. The first kappa shape index (κ1) is 9.52. The maximum atomic E-state index is 11.3. The van der Waals surface area contributed by atoms with Gasteiger partial charge in [-0.1, -0.05) is 13.8 Å². The highest BCUT2D eigenvalue weighted by Crippen LogP contribution is 2.42. The average molecular weight is 171 g/mol. The first-order valence-electron chi connectivity index (χ1n) is 4.33. The molecule has 0 aromatic rings. The summed E-state index contributed by atoms with van der Waals surface area (Å²) in [6.45, 7) is 4.07. The van der Waals surface area contributed by atoms with Crippen LogP contribution in [0.2, 0.25) is 0 Å². The largest absolute Gasteiger partial charge is 0.469 e. The lowest BCUT2D eigenvalue weighted by Gasteiger charge is -2.28. The molecule has 0 bridgehead atoms. The second-order valence-electron chi connectivity index (χ2n) is 4.08. The number of carbonyl (C=O) groups is 1. The van der Waals surface area contributed by atoms with Crippen molar-refractivity contribution in [3.05, 3.63) is 0 Å². The molecular weight excluding hydrogens is 154 g/mol. The lowest BCUT2D eigenvalue weighted by atomic mass is 9.79. The summed E-state index contributed by atoms with van der Waals surface area (Å²) >= 11 is 0. The second kappa shape index (κ2) is 3.05. The first-order chi connectivity index (χ1) is 5.50. The minimum atomic E-state index is -0.118. The Morgan fingerprint density at radius 2 is 2.08 bits per heavy atom. The predicted octanol–water partition coefficient (Wildman–Crippen LogP) is 0.923. The van der Waals surface area contributed by atoms with Gasteiger partial charge in [0.15, 0.2) is 0 Å². The summed E-state index contributed by atoms with van der Waals surface area (Å²) in [5.41, 5.74) is 5.78. The first-order valence-corrected chi connectivity index (χ1v) is 4.33. The van der Waals surface area contributed by atoms with Crippen LogP contribution >= 0.6 is 0 Å². The molecule has 1 rings (SSSR count). The molecule has 0 aromatic carbocycles. The van der Waals surface area contributed by atoms with Gasteiger partial charge < -0.3 is 10.5 Å². The number of methoxy groups -OCH3 is 1. The van der Waals surface area contributed by atoms with E-state index in [9.17, 15) is 4.79 Å². The van der Waals surface area contributed by atoms with Gasteiger partial charge in [-0.3, -0.25) is 4.79 Å². The molecule has 1 fully saturated rings. The molecule has 2 unspecified atom stereocenters. The van der Waals surface area contributed by atoms with Crippen molar-refractivity contribution in [1.29, 1.82) is 0 Å². The Kier molecular flexibility index (Phi) is 2.42. The monoisotopic (exact) mass is 171 g/mol. The molecule has 0 spiro atoms. The molecule has 3 nitrogen and oxygen atoms in total. The van der Waals surface area contributed by atoms with Crippen LogP contribution in [0.4, 0.5) is 0 Å². The van der Waals surface area contributed by atoms with E-state index < -0.39 is 0 Å². The van der Waals surface area contributed by atoms with Crippen LogP contribution in [0.15, 0.2) is 0 Å². The number of ether oxygens (including phenoxy) is 1. The number of esters is 1. The molecule has 0 heterocycles. The van der Waals surface area contributed by atoms with Gasteiger partial charge in [0.25, 0.3) is 0 Å². The van der Waals surface area contributed by atoms with Crippen molar-refractivity contribution in [2.75, 3.05) is 7.11 Å². The van der Waals surface area contributed by atoms with E-state index in [0.717, 1.165) is 12.8 Å². The van der Waals surface area contributed by atoms with Crippen LogP contribution in [0.3, 0.4) is 0 Å². The fraction of sp³-hybridized carbons (Fsp3) is 0.889. The van der Waals surface area contributed by atoms with Gasteiger partial charge in [0.1, 0.15) is 0 Å². The van der Waals surface area contributed by atoms with Crippen LogP contribution in [0.5, 0.6) is 0 Å². The SMILES string of the molecule is COC(=O)C1CCC(N)C1(C)C. The van der Waals surface area contributed by atoms with E-state index in [1.54, 1.807) is 0 Å². The highest BCUT2D eigenvalue weighted by molar-refractivity contribution is 5.73. The van der Waals surface area contributed by atoms with Gasteiger partial charge in [-0.2, -0.15) is 0 Å².